The molecule has 0 N–H and O–H groups in total. The SMILES string of the molecule is Bc1ccc2oc3ccc4c5ccccc5oc4c3c2c1. The van der Waals surface area contributed by atoms with E-state index in [0.717, 1.165) is 43.9 Å². The molecule has 0 saturated heterocycles. The van der Waals surface area contributed by atoms with Gasteiger partial charge in [0.25, 0.3) is 0 Å². The summed E-state index contributed by atoms with van der Waals surface area (Å²) in [6.45, 7) is 0. The molecule has 3 heteroatoms. The monoisotopic (exact) mass is 270 g/mol. The van der Waals surface area contributed by atoms with Gasteiger partial charge in [-0.05, 0) is 24.3 Å². The standard InChI is InChI=1S/C18H11BO2/c19-10-5-7-15-13(9-10)17-16(20-15)8-6-12-11-3-1-2-4-14(11)21-18(12)17/h1-9H,19H2. The van der Waals surface area contributed by atoms with Crippen LogP contribution in [0.3, 0.4) is 0 Å². The predicted octanol–water partition coefficient (Wildman–Crippen LogP) is 3.74. The Balaban J connectivity index is 2.11. The Morgan fingerprint density at radius 1 is 0.667 bits per heavy atom. The molecule has 0 atom stereocenters. The molecule has 3 aromatic carbocycles. The van der Waals surface area contributed by atoms with E-state index in [-0.39, 0.29) is 0 Å². The summed E-state index contributed by atoms with van der Waals surface area (Å²) in [5.74, 6) is 0. The van der Waals surface area contributed by atoms with E-state index in [1.807, 2.05) is 30.3 Å². The molecule has 0 aliphatic carbocycles. The van der Waals surface area contributed by atoms with Gasteiger partial charge >= 0.3 is 0 Å². The first-order chi connectivity index (χ1) is 10.3. The number of furan rings is 2. The van der Waals surface area contributed by atoms with Crippen LogP contribution in [0.25, 0.3) is 43.9 Å². The zero-order valence-electron chi connectivity index (χ0n) is 11.5. The lowest BCUT2D eigenvalue weighted by atomic mass is 9.94. The second-order valence-corrected chi connectivity index (χ2v) is 5.52. The molecule has 2 nitrogen and oxygen atoms in total. The molecule has 0 radical (unpaired) electrons. The van der Waals surface area contributed by atoms with Gasteiger partial charge in [-0.2, -0.15) is 0 Å². The van der Waals surface area contributed by atoms with E-state index in [1.54, 1.807) is 0 Å². The van der Waals surface area contributed by atoms with Crippen molar-refractivity contribution in [1.29, 1.82) is 0 Å². The molecule has 0 spiro atoms. The van der Waals surface area contributed by atoms with Gasteiger partial charge in [-0.25, -0.2) is 0 Å². The first-order valence-corrected chi connectivity index (χ1v) is 7.04. The van der Waals surface area contributed by atoms with Crippen molar-refractivity contribution >= 4 is 57.2 Å². The van der Waals surface area contributed by atoms with Gasteiger partial charge in [0.1, 0.15) is 30.2 Å². The fourth-order valence-corrected chi connectivity index (χ4v) is 3.16. The summed E-state index contributed by atoms with van der Waals surface area (Å²) < 4.78 is 12.1. The Bertz CT molecular complexity index is 1150. The van der Waals surface area contributed by atoms with Crippen LogP contribution < -0.4 is 5.46 Å². The molecule has 5 aromatic rings. The average Bonchev–Trinajstić information content (AvgIpc) is 3.04. The van der Waals surface area contributed by atoms with E-state index in [1.165, 1.54) is 5.46 Å². The predicted molar refractivity (Wildman–Crippen MR) is 89.2 cm³/mol. The van der Waals surface area contributed by atoms with Gasteiger partial charge in [0.15, 0.2) is 0 Å². The fraction of sp³-hybridized carbons (Fsp3) is 0. The summed E-state index contributed by atoms with van der Waals surface area (Å²) in [5, 5.41) is 4.48. The lowest BCUT2D eigenvalue weighted by molar-refractivity contribution is 0.663. The Hall–Kier alpha value is -2.68. The molecular weight excluding hydrogens is 259 g/mol. The average molecular weight is 270 g/mol. The maximum absolute atomic E-state index is 6.11. The third kappa shape index (κ3) is 1.38. The van der Waals surface area contributed by atoms with E-state index >= 15 is 0 Å². The first kappa shape index (κ1) is 11.0. The molecule has 0 aliphatic heterocycles. The van der Waals surface area contributed by atoms with Crippen LogP contribution >= 0.6 is 0 Å². The zero-order valence-corrected chi connectivity index (χ0v) is 11.5. The Morgan fingerprint density at radius 2 is 1.48 bits per heavy atom. The van der Waals surface area contributed by atoms with Crippen molar-refractivity contribution in [2.24, 2.45) is 0 Å². The maximum Gasteiger partial charge on any atom is 0.147 e. The van der Waals surface area contributed by atoms with Gasteiger partial charge in [-0.1, -0.05) is 35.8 Å². The van der Waals surface area contributed by atoms with Crippen molar-refractivity contribution < 1.29 is 8.83 Å². The number of fused-ring (bicyclic) bond motifs is 7. The fourth-order valence-electron chi connectivity index (χ4n) is 3.16. The second kappa shape index (κ2) is 3.70. The molecule has 98 valence electrons. The molecule has 0 unspecified atom stereocenters. The topological polar surface area (TPSA) is 26.3 Å². The lowest BCUT2D eigenvalue weighted by Gasteiger charge is -1.93. The Kier molecular flexibility index (Phi) is 1.94. The molecule has 0 saturated carbocycles. The number of rotatable bonds is 0. The lowest BCUT2D eigenvalue weighted by Crippen LogP contribution is -1.98. The third-order valence-corrected chi connectivity index (χ3v) is 4.13. The second-order valence-electron chi connectivity index (χ2n) is 5.52. The van der Waals surface area contributed by atoms with E-state index in [9.17, 15) is 0 Å². The van der Waals surface area contributed by atoms with Crippen LogP contribution in [-0.4, -0.2) is 7.85 Å². The highest BCUT2D eigenvalue weighted by Crippen LogP contribution is 2.38. The quantitative estimate of drug-likeness (QED) is 0.401. The van der Waals surface area contributed by atoms with Gasteiger partial charge in [0, 0.05) is 16.2 Å². The molecule has 21 heavy (non-hydrogen) atoms. The number of hydrogen-bond donors (Lipinski definition) is 0. The molecule has 0 aliphatic rings. The molecule has 2 heterocycles. The smallest absolute Gasteiger partial charge is 0.147 e. The maximum atomic E-state index is 6.11. The van der Waals surface area contributed by atoms with Crippen molar-refractivity contribution in [2.75, 3.05) is 0 Å². The summed E-state index contributed by atoms with van der Waals surface area (Å²) >= 11 is 0. The van der Waals surface area contributed by atoms with Crippen LogP contribution in [0, 0.1) is 0 Å². The first-order valence-electron chi connectivity index (χ1n) is 7.04. The van der Waals surface area contributed by atoms with Crippen LogP contribution in [0.2, 0.25) is 0 Å². The summed E-state index contributed by atoms with van der Waals surface area (Å²) in [4.78, 5) is 0. The van der Waals surface area contributed by atoms with E-state index in [2.05, 4.69) is 32.1 Å². The molecular formula is C18H11BO2. The summed E-state index contributed by atoms with van der Waals surface area (Å²) in [6, 6.07) is 18.5. The van der Waals surface area contributed by atoms with Crippen molar-refractivity contribution in [3.8, 4) is 0 Å². The van der Waals surface area contributed by atoms with E-state index in [4.69, 9.17) is 8.83 Å². The van der Waals surface area contributed by atoms with Gasteiger partial charge in [-0.3, -0.25) is 0 Å². The molecule has 2 aromatic heterocycles. The largest absolute Gasteiger partial charge is 0.456 e. The van der Waals surface area contributed by atoms with Crippen molar-refractivity contribution in [3.05, 3.63) is 54.6 Å². The van der Waals surface area contributed by atoms with Crippen LogP contribution in [-0.2, 0) is 0 Å². The van der Waals surface area contributed by atoms with Gasteiger partial charge in [0.05, 0.1) is 5.39 Å². The molecule has 0 bridgehead atoms. The number of para-hydroxylation sites is 1. The summed E-state index contributed by atoms with van der Waals surface area (Å²) in [6.07, 6.45) is 0. The summed E-state index contributed by atoms with van der Waals surface area (Å²) in [5.41, 5.74) is 4.84. The minimum atomic E-state index is 0.877. The minimum absolute atomic E-state index is 0.877. The molecule has 5 rings (SSSR count). The molecule has 0 amide bonds. The third-order valence-electron chi connectivity index (χ3n) is 4.13. The van der Waals surface area contributed by atoms with Gasteiger partial charge in [0.2, 0.25) is 0 Å². The van der Waals surface area contributed by atoms with Crippen molar-refractivity contribution in [3.63, 3.8) is 0 Å². The zero-order chi connectivity index (χ0) is 14.0. The highest BCUT2D eigenvalue weighted by atomic mass is 16.3. The van der Waals surface area contributed by atoms with Crippen LogP contribution in [0.4, 0.5) is 0 Å². The van der Waals surface area contributed by atoms with Crippen LogP contribution in [0.15, 0.2) is 63.4 Å². The summed E-state index contributed by atoms with van der Waals surface area (Å²) in [7, 11) is 2.09. The Morgan fingerprint density at radius 3 is 2.43 bits per heavy atom. The van der Waals surface area contributed by atoms with Crippen LogP contribution in [0.1, 0.15) is 0 Å². The minimum Gasteiger partial charge on any atom is -0.456 e. The number of benzene rings is 3. The highest BCUT2D eigenvalue weighted by molar-refractivity contribution is 6.34. The van der Waals surface area contributed by atoms with Crippen molar-refractivity contribution in [1.82, 2.24) is 0 Å². The van der Waals surface area contributed by atoms with E-state index in [0.29, 0.717) is 0 Å². The number of hydrogen-bond acceptors (Lipinski definition) is 2. The normalized spacial score (nSPS) is 12.0. The Labute approximate surface area is 121 Å². The van der Waals surface area contributed by atoms with Crippen LogP contribution in [0.5, 0.6) is 0 Å². The highest BCUT2D eigenvalue weighted by Gasteiger charge is 2.15. The van der Waals surface area contributed by atoms with Gasteiger partial charge < -0.3 is 8.83 Å². The van der Waals surface area contributed by atoms with E-state index < -0.39 is 0 Å². The van der Waals surface area contributed by atoms with Gasteiger partial charge in [-0.15, -0.1) is 0 Å². The molecule has 0 fully saturated rings. The van der Waals surface area contributed by atoms with Crippen molar-refractivity contribution in [2.45, 2.75) is 0 Å².